The second-order valence-electron chi connectivity index (χ2n) is 13.6. The molecular weight excluding hydrogens is 675 g/mol. The van der Waals surface area contributed by atoms with Crippen molar-refractivity contribution >= 4 is 28.9 Å². The van der Waals surface area contributed by atoms with Crippen LogP contribution < -0.4 is 16.4 Å². The number of carbonyl (C=O) groups excluding carboxylic acids is 1. The molecule has 0 aliphatic heterocycles. The Morgan fingerprint density at radius 2 is 1.69 bits per heavy atom. The number of imidazole rings is 1. The third-order valence-corrected chi connectivity index (χ3v) is 10.2. The van der Waals surface area contributed by atoms with E-state index >= 15 is 0 Å². The van der Waals surface area contributed by atoms with Crippen LogP contribution in [0.3, 0.4) is 0 Å². The third-order valence-electron chi connectivity index (χ3n) is 10.2. The van der Waals surface area contributed by atoms with Gasteiger partial charge in [-0.15, -0.1) is 0 Å². The summed E-state index contributed by atoms with van der Waals surface area (Å²) in [6, 6.07) is 18.6. The zero-order chi connectivity index (χ0) is 36.4. The molecule has 12 nitrogen and oxygen atoms in total. The number of aliphatic hydroxyl groups is 1. The number of aliphatic hydroxyl groups excluding tert-OH is 1. The number of hydrogen-bond donors (Lipinski definition) is 4. The van der Waals surface area contributed by atoms with Crippen LogP contribution in [0, 0.1) is 0 Å². The average Bonchev–Trinajstić information content (AvgIpc) is 3.87. The number of hydrogen-bond acceptors (Lipinski definition) is 10. The summed E-state index contributed by atoms with van der Waals surface area (Å²) < 4.78 is 48.7. The quantitative estimate of drug-likeness (QED) is 0.128. The number of rotatable bonds is 11. The lowest BCUT2D eigenvalue weighted by Gasteiger charge is -2.27. The minimum atomic E-state index is -5.26. The molecule has 5 N–H and O–H groups in total. The van der Waals surface area contributed by atoms with Gasteiger partial charge in [0.25, 0.3) is 0 Å². The number of benzene rings is 2. The van der Waals surface area contributed by atoms with Crippen LogP contribution in [0.25, 0.3) is 11.2 Å². The maximum Gasteiger partial charge on any atom is 0.490 e. The first-order valence-electron chi connectivity index (χ1n) is 17.7. The molecule has 2 aliphatic rings. The molecule has 4 atom stereocenters. The van der Waals surface area contributed by atoms with Crippen LogP contribution in [0.15, 0.2) is 79.4 Å². The average molecular weight is 718 g/mol. The van der Waals surface area contributed by atoms with Crippen molar-refractivity contribution in [1.29, 1.82) is 0 Å². The number of nitrogens with two attached hydrogens (primary N) is 1. The molecule has 0 spiro atoms. The Morgan fingerprint density at radius 1 is 1.02 bits per heavy atom. The summed E-state index contributed by atoms with van der Waals surface area (Å²) >= 11 is 0. The van der Waals surface area contributed by atoms with Crippen molar-refractivity contribution in [3.63, 3.8) is 0 Å². The lowest BCUT2D eigenvalue weighted by atomic mass is 9.91. The largest absolute Gasteiger partial charge is 0.490 e. The Morgan fingerprint density at radius 3 is 2.31 bits per heavy atom. The molecule has 0 radical (unpaired) electrons. The molecule has 15 heteroatoms. The van der Waals surface area contributed by atoms with Crippen LogP contribution >= 0.6 is 0 Å². The Labute approximate surface area is 298 Å². The topological polar surface area (TPSA) is 158 Å². The van der Waals surface area contributed by atoms with Crippen LogP contribution in [0.1, 0.15) is 73.7 Å². The molecule has 274 valence electrons. The van der Waals surface area contributed by atoms with Gasteiger partial charge in [0.05, 0.1) is 24.6 Å². The molecule has 2 fully saturated rings. The molecule has 0 bridgehead atoms. The Kier molecular flexibility index (Phi) is 10.1. The van der Waals surface area contributed by atoms with Gasteiger partial charge in [-0.2, -0.15) is 28.2 Å². The highest BCUT2D eigenvalue weighted by Gasteiger charge is 2.51. The van der Waals surface area contributed by atoms with Gasteiger partial charge < -0.3 is 30.8 Å². The maximum absolute atomic E-state index is 13.5. The predicted molar refractivity (Wildman–Crippen MR) is 189 cm³/mol. The van der Waals surface area contributed by atoms with E-state index in [2.05, 4.69) is 45.0 Å². The molecule has 7 rings (SSSR count). The van der Waals surface area contributed by atoms with Crippen molar-refractivity contribution < 1.29 is 27.8 Å². The summed E-state index contributed by atoms with van der Waals surface area (Å²) in [4.78, 5) is 26.6. The van der Waals surface area contributed by atoms with Gasteiger partial charge in [0.2, 0.25) is 5.95 Å². The first kappa shape index (κ1) is 35.4. The number of carbonyl (C=O) groups is 1. The van der Waals surface area contributed by atoms with Crippen molar-refractivity contribution in [3.05, 3.63) is 96.1 Å². The second-order valence-corrected chi connectivity index (χ2v) is 13.6. The maximum atomic E-state index is 13.5. The number of aryl methyl sites for hydroxylation is 1. The molecule has 0 amide bonds. The normalized spacial score (nSPS) is 23.6. The number of ether oxygens (including phenoxy) is 1. The molecule has 3 aromatic heterocycles. The van der Waals surface area contributed by atoms with Gasteiger partial charge in [-0.3, -0.25) is 4.68 Å². The van der Waals surface area contributed by atoms with Gasteiger partial charge in [-0.05, 0) is 55.2 Å². The molecular formula is C37H42F3N9O3. The molecule has 2 aliphatic carbocycles. The van der Waals surface area contributed by atoms with Crippen molar-refractivity contribution in [2.75, 3.05) is 17.2 Å². The summed E-state index contributed by atoms with van der Waals surface area (Å²) in [5.41, 5.74) is 9.93. The molecule has 5 aromatic rings. The standard InChI is InChI=1S/C37H42F3N9O3/c1-2-22-18-44-49(20-22)28-17-29(32(31(28)50)52-35(51)37(38,39)40)48-21-43-30-33(46-36(47-34(30)48)45-26-15-13-25(41)14-16-26)42-19-27(23-9-5-3-6-10-23)24-11-7-4-8-12-24/h3-12,18,20-21,25-29,31-32,50H,2,13-17,19,41H2,1H3,(H2,42,45,46,47)/t25?,26?,28-,29+,31+,32-/m0/s1. The van der Waals surface area contributed by atoms with E-state index in [1.165, 1.54) is 11.0 Å². The van der Waals surface area contributed by atoms with Gasteiger partial charge in [-0.1, -0.05) is 67.6 Å². The lowest BCUT2D eigenvalue weighted by Crippen LogP contribution is -2.39. The Bertz CT molecular complexity index is 1920. The van der Waals surface area contributed by atoms with E-state index in [9.17, 15) is 23.1 Å². The minimum absolute atomic E-state index is 0.0512. The minimum Gasteiger partial charge on any atom is -0.451 e. The summed E-state index contributed by atoms with van der Waals surface area (Å²) in [6.45, 7) is 2.39. The van der Waals surface area contributed by atoms with E-state index in [1.54, 1.807) is 17.0 Å². The first-order valence-corrected chi connectivity index (χ1v) is 17.7. The molecule has 0 saturated heterocycles. The monoisotopic (exact) mass is 717 g/mol. The van der Waals surface area contributed by atoms with Crippen LogP contribution in [-0.4, -0.2) is 77.4 Å². The second kappa shape index (κ2) is 14.9. The Balaban J connectivity index is 1.27. The molecule has 0 unspecified atom stereocenters. The van der Waals surface area contributed by atoms with Gasteiger partial charge in [0.15, 0.2) is 23.1 Å². The van der Waals surface area contributed by atoms with E-state index in [-0.39, 0.29) is 24.4 Å². The summed E-state index contributed by atoms with van der Waals surface area (Å²) in [7, 11) is 0. The highest BCUT2D eigenvalue weighted by Crippen LogP contribution is 2.43. The van der Waals surface area contributed by atoms with E-state index in [1.807, 2.05) is 43.3 Å². The zero-order valence-electron chi connectivity index (χ0n) is 28.7. The summed E-state index contributed by atoms with van der Waals surface area (Å²) in [5, 5.41) is 22.8. The van der Waals surface area contributed by atoms with Gasteiger partial charge in [0.1, 0.15) is 6.10 Å². The van der Waals surface area contributed by atoms with Crippen molar-refractivity contribution in [2.24, 2.45) is 5.73 Å². The zero-order valence-corrected chi connectivity index (χ0v) is 28.7. The van der Waals surface area contributed by atoms with Gasteiger partial charge in [0, 0.05) is 30.7 Å². The van der Waals surface area contributed by atoms with Crippen LogP contribution in [0.4, 0.5) is 24.9 Å². The highest BCUT2D eigenvalue weighted by molar-refractivity contribution is 5.84. The fourth-order valence-corrected chi connectivity index (χ4v) is 7.37. The number of anilines is 2. The van der Waals surface area contributed by atoms with Crippen LogP contribution in [-0.2, 0) is 16.0 Å². The van der Waals surface area contributed by atoms with E-state index < -0.39 is 36.4 Å². The number of nitrogens with one attached hydrogen (secondary N) is 2. The van der Waals surface area contributed by atoms with Crippen molar-refractivity contribution in [1.82, 2.24) is 29.3 Å². The van der Waals surface area contributed by atoms with Crippen molar-refractivity contribution in [2.45, 2.75) is 93.9 Å². The molecule has 2 saturated carbocycles. The Hall–Kier alpha value is -5.02. The predicted octanol–water partition coefficient (Wildman–Crippen LogP) is 5.53. The van der Waals surface area contributed by atoms with Crippen LogP contribution in [0.2, 0.25) is 0 Å². The number of alkyl halides is 3. The molecule has 3 heterocycles. The van der Waals surface area contributed by atoms with Crippen molar-refractivity contribution in [3.8, 4) is 0 Å². The van der Waals surface area contributed by atoms with E-state index in [4.69, 9.17) is 20.4 Å². The smallest absolute Gasteiger partial charge is 0.451 e. The van der Waals surface area contributed by atoms with Gasteiger partial charge in [-0.25, -0.2) is 9.78 Å². The fourth-order valence-electron chi connectivity index (χ4n) is 7.37. The van der Waals surface area contributed by atoms with Gasteiger partial charge >= 0.3 is 12.1 Å². The summed E-state index contributed by atoms with van der Waals surface area (Å²) in [5.74, 6) is -1.70. The molecule has 2 aromatic carbocycles. The fraction of sp³-hybridized carbons (Fsp3) is 0.432. The number of nitrogens with zero attached hydrogens (tertiary/aromatic N) is 6. The highest BCUT2D eigenvalue weighted by atomic mass is 19.4. The summed E-state index contributed by atoms with van der Waals surface area (Å²) in [6.07, 6.45) is 0.609. The van der Waals surface area contributed by atoms with E-state index in [0.29, 0.717) is 35.9 Å². The molecule has 52 heavy (non-hydrogen) atoms. The lowest BCUT2D eigenvalue weighted by molar-refractivity contribution is -0.210. The van der Waals surface area contributed by atoms with E-state index in [0.717, 1.165) is 42.4 Å². The van der Waals surface area contributed by atoms with Crippen LogP contribution in [0.5, 0.6) is 0 Å². The number of aromatic nitrogens is 6. The first-order chi connectivity index (χ1) is 25.1. The SMILES string of the molecule is CCc1cnn([C@H]2C[C@@H](n3cnc4c(NCC(c5ccccc5)c5ccccc5)nc(NC5CCC(N)CC5)nc43)[C@H](OC(=O)C(F)(F)F)[C@@H]2O)c1. The number of halogens is 3. The third kappa shape index (κ3) is 7.46. The number of fused-ring (bicyclic) bond motifs is 1. The number of esters is 1.